The molecule has 0 aromatic heterocycles. The van der Waals surface area contributed by atoms with Crippen molar-refractivity contribution >= 4 is 13.1 Å². The fourth-order valence-corrected chi connectivity index (χ4v) is 2.03. The van der Waals surface area contributed by atoms with E-state index in [4.69, 9.17) is 18.8 Å². The third kappa shape index (κ3) is 5.74. The van der Waals surface area contributed by atoms with Crippen molar-refractivity contribution in [3.63, 3.8) is 0 Å². The molecule has 1 heterocycles. The van der Waals surface area contributed by atoms with Gasteiger partial charge in [0.05, 0.1) is 36.9 Å². The first-order chi connectivity index (χ1) is 10.2. The molecule has 1 aliphatic rings. The second-order valence-corrected chi connectivity index (χ2v) is 6.53. The van der Waals surface area contributed by atoms with Crippen LogP contribution in [0.3, 0.4) is 0 Å². The number of ether oxygens (including phenoxy) is 2. The van der Waals surface area contributed by atoms with Crippen LogP contribution in [-0.2, 0) is 23.6 Å². The monoisotopic (exact) mass is 312 g/mol. The molecule has 0 aromatic rings. The third-order valence-electron chi connectivity index (χ3n) is 4.01. The van der Waals surface area contributed by atoms with Gasteiger partial charge in [0.1, 0.15) is 0 Å². The summed E-state index contributed by atoms with van der Waals surface area (Å²) in [6.07, 6.45) is 2.88. The first kappa shape index (κ1) is 19.2. The molecular weight excluding hydrogens is 283 g/mol. The van der Waals surface area contributed by atoms with Crippen LogP contribution in [-0.4, -0.2) is 43.6 Å². The second kappa shape index (κ2) is 8.13. The maximum absolute atomic E-state index is 11.3. The van der Waals surface area contributed by atoms with Gasteiger partial charge in [0.15, 0.2) is 0 Å². The highest BCUT2D eigenvalue weighted by atomic mass is 16.7. The van der Waals surface area contributed by atoms with Crippen molar-refractivity contribution in [2.24, 2.45) is 0 Å². The Bertz CT molecular complexity index is 376. The molecule has 6 heteroatoms. The molecule has 5 nitrogen and oxygen atoms in total. The summed E-state index contributed by atoms with van der Waals surface area (Å²) in [6, 6.07) is 0. The fourth-order valence-electron chi connectivity index (χ4n) is 2.03. The van der Waals surface area contributed by atoms with E-state index in [9.17, 15) is 4.79 Å². The minimum absolute atomic E-state index is 0.135. The molecule has 0 radical (unpaired) electrons. The number of carbonyl (C=O) groups excluding carboxylic acids is 1. The Labute approximate surface area is 134 Å². The summed E-state index contributed by atoms with van der Waals surface area (Å²) in [5.74, 6) is 1.69. The Balaban J connectivity index is 2.21. The Morgan fingerprint density at radius 2 is 1.82 bits per heavy atom. The lowest BCUT2D eigenvalue weighted by Crippen LogP contribution is -2.41. The molecular formula is C16H29BO5. The number of hydrogen-bond donors (Lipinski definition) is 0. The lowest BCUT2D eigenvalue weighted by Gasteiger charge is -2.32. The van der Waals surface area contributed by atoms with Crippen LogP contribution in [0.4, 0.5) is 0 Å². The SMILES string of the molecule is CCOC(=O)CC(C)OCC/C=C/B1OC(C)(C)C(C)(C)O1. The van der Waals surface area contributed by atoms with Crippen LogP contribution in [0.25, 0.3) is 0 Å². The van der Waals surface area contributed by atoms with Crippen molar-refractivity contribution in [2.75, 3.05) is 13.2 Å². The van der Waals surface area contributed by atoms with E-state index in [0.717, 1.165) is 6.42 Å². The summed E-state index contributed by atoms with van der Waals surface area (Å²) in [7, 11) is -0.318. The first-order valence-electron chi connectivity index (χ1n) is 7.97. The summed E-state index contributed by atoms with van der Waals surface area (Å²) >= 11 is 0. The van der Waals surface area contributed by atoms with Crippen molar-refractivity contribution < 1.29 is 23.6 Å². The molecule has 0 saturated carbocycles. The minimum Gasteiger partial charge on any atom is -0.466 e. The van der Waals surface area contributed by atoms with Gasteiger partial charge in [-0.15, -0.1) is 0 Å². The van der Waals surface area contributed by atoms with Crippen LogP contribution in [0.2, 0.25) is 0 Å². The van der Waals surface area contributed by atoms with E-state index in [2.05, 4.69) is 0 Å². The number of esters is 1. The lowest BCUT2D eigenvalue weighted by atomic mass is 9.90. The zero-order valence-electron chi connectivity index (χ0n) is 14.7. The molecule has 0 aliphatic carbocycles. The van der Waals surface area contributed by atoms with Gasteiger partial charge >= 0.3 is 13.1 Å². The quantitative estimate of drug-likeness (QED) is 0.392. The summed E-state index contributed by atoms with van der Waals surface area (Å²) in [5.41, 5.74) is -0.626. The van der Waals surface area contributed by atoms with Gasteiger partial charge in [0.2, 0.25) is 0 Å². The maximum Gasteiger partial charge on any atom is 0.486 e. The molecule has 0 N–H and O–H groups in total. The normalized spacial score (nSPS) is 21.3. The van der Waals surface area contributed by atoms with Gasteiger partial charge in [-0.05, 0) is 48.0 Å². The van der Waals surface area contributed by atoms with Crippen LogP contribution in [0.5, 0.6) is 0 Å². The van der Waals surface area contributed by atoms with Crippen LogP contribution in [0.15, 0.2) is 12.1 Å². The predicted molar refractivity (Wildman–Crippen MR) is 86.5 cm³/mol. The zero-order chi connectivity index (χ0) is 16.8. The molecule has 1 unspecified atom stereocenters. The highest BCUT2D eigenvalue weighted by Crippen LogP contribution is 2.36. The van der Waals surface area contributed by atoms with Gasteiger partial charge in [-0.25, -0.2) is 0 Å². The van der Waals surface area contributed by atoms with Crippen molar-refractivity contribution in [1.82, 2.24) is 0 Å². The van der Waals surface area contributed by atoms with Crippen LogP contribution in [0, 0.1) is 0 Å². The highest BCUT2D eigenvalue weighted by Gasteiger charge is 2.49. The summed E-state index contributed by atoms with van der Waals surface area (Å²) in [6.45, 7) is 12.7. The lowest BCUT2D eigenvalue weighted by molar-refractivity contribution is -0.145. The van der Waals surface area contributed by atoms with E-state index < -0.39 is 0 Å². The van der Waals surface area contributed by atoms with E-state index in [-0.39, 0.29) is 36.8 Å². The van der Waals surface area contributed by atoms with Crippen molar-refractivity contribution in [3.05, 3.63) is 12.1 Å². The van der Waals surface area contributed by atoms with E-state index in [1.165, 1.54) is 0 Å². The number of hydrogen-bond acceptors (Lipinski definition) is 5. The average molecular weight is 312 g/mol. The number of carbonyl (C=O) groups is 1. The average Bonchev–Trinajstić information content (AvgIpc) is 2.57. The summed E-state index contributed by atoms with van der Waals surface area (Å²) in [4.78, 5) is 11.3. The Morgan fingerprint density at radius 1 is 1.23 bits per heavy atom. The largest absolute Gasteiger partial charge is 0.486 e. The molecule has 1 aliphatic heterocycles. The van der Waals surface area contributed by atoms with Gasteiger partial charge < -0.3 is 18.8 Å². The standard InChI is InChI=1S/C16H29BO5/c1-7-19-14(18)12-13(2)20-11-9-8-10-17-21-15(3,4)16(5,6)22-17/h8,10,13H,7,9,11-12H2,1-6H3/b10-8+. The van der Waals surface area contributed by atoms with Gasteiger partial charge in [-0.3, -0.25) is 4.79 Å². The third-order valence-corrected chi connectivity index (χ3v) is 4.01. The smallest absolute Gasteiger partial charge is 0.466 e. The van der Waals surface area contributed by atoms with Crippen molar-refractivity contribution in [2.45, 2.75) is 71.7 Å². The molecule has 1 saturated heterocycles. The van der Waals surface area contributed by atoms with E-state index in [1.807, 2.05) is 46.7 Å². The molecule has 1 fully saturated rings. The van der Waals surface area contributed by atoms with Crippen LogP contribution >= 0.6 is 0 Å². The van der Waals surface area contributed by atoms with Gasteiger partial charge in [-0.1, -0.05) is 12.1 Å². The molecule has 1 atom stereocenters. The van der Waals surface area contributed by atoms with Gasteiger partial charge in [0.25, 0.3) is 0 Å². The van der Waals surface area contributed by atoms with Gasteiger partial charge in [-0.2, -0.15) is 0 Å². The zero-order valence-corrected chi connectivity index (χ0v) is 14.7. The predicted octanol–water partition coefficient (Wildman–Crippen LogP) is 2.92. The summed E-state index contributed by atoms with van der Waals surface area (Å²) in [5, 5.41) is 0. The maximum atomic E-state index is 11.3. The Kier molecular flexibility index (Phi) is 7.10. The second-order valence-electron chi connectivity index (χ2n) is 6.53. The molecule has 22 heavy (non-hydrogen) atoms. The molecule has 0 bridgehead atoms. The Hall–Kier alpha value is -0.845. The van der Waals surface area contributed by atoms with E-state index in [1.54, 1.807) is 6.92 Å². The molecule has 1 rings (SSSR count). The Morgan fingerprint density at radius 3 is 2.36 bits per heavy atom. The van der Waals surface area contributed by atoms with Crippen LogP contribution in [0.1, 0.15) is 54.4 Å². The highest BCUT2D eigenvalue weighted by molar-refractivity contribution is 6.51. The summed E-state index contributed by atoms with van der Waals surface area (Å²) < 4.78 is 22.2. The molecule has 0 amide bonds. The van der Waals surface area contributed by atoms with Crippen molar-refractivity contribution in [1.29, 1.82) is 0 Å². The molecule has 0 spiro atoms. The molecule has 0 aromatic carbocycles. The van der Waals surface area contributed by atoms with E-state index in [0.29, 0.717) is 13.2 Å². The number of rotatable bonds is 8. The topological polar surface area (TPSA) is 54.0 Å². The molecule has 126 valence electrons. The van der Waals surface area contributed by atoms with Crippen molar-refractivity contribution in [3.8, 4) is 0 Å². The minimum atomic E-state index is -0.318. The fraction of sp³-hybridized carbons (Fsp3) is 0.812. The van der Waals surface area contributed by atoms with E-state index >= 15 is 0 Å². The van der Waals surface area contributed by atoms with Gasteiger partial charge in [0, 0.05) is 0 Å². The van der Waals surface area contributed by atoms with Crippen LogP contribution < -0.4 is 0 Å². The first-order valence-corrected chi connectivity index (χ1v) is 7.97.